The molecule has 210 valence electrons. The van der Waals surface area contributed by atoms with Crippen molar-refractivity contribution in [3.05, 3.63) is 50.9 Å². The number of aromatic nitrogens is 2. The smallest absolute Gasteiger partial charge is 0.412 e. The zero-order valence-corrected chi connectivity index (χ0v) is 22.9. The van der Waals surface area contributed by atoms with Gasteiger partial charge in [-0.2, -0.15) is 0 Å². The summed E-state index contributed by atoms with van der Waals surface area (Å²) in [5.41, 5.74) is 2.11. The number of fused-ring (bicyclic) bond motifs is 4. The van der Waals surface area contributed by atoms with Crippen molar-refractivity contribution < 1.29 is 23.4 Å². The van der Waals surface area contributed by atoms with Crippen molar-refractivity contribution >= 4 is 11.8 Å². The molecule has 3 aliphatic heterocycles. The van der Waals surface area contributed by atoms with Crippen molar-refractivity contribution in [1.82, 2.24) is 14.9 Å². The van der Waals surface area contributed by atoms with Crippen molar-refractivity contribution in [2.24, 2.45) is 0 Å². The minimum absolute atomic E-state index is 0.141. The average Bonchev–Trinajstić information content (AvgIpc) is 3.38. The molecule has 9 nitrogen and oxygen atoms in total. The summed E-state index contributed by atoms with van der Waals surface area (Å²) in [6, 6.07) is 6.03. The first-order valence-corrected chi connectivity index (χ1v) is 14.0. The summed E-state index contributed by atoms with van der Waals surface area (Å²) in [7, 11) is 0. The van der Waals surface area contributed by atoms with Crippen LogP contribution in [0.4, 0.5) is 14.9 Å². The highest BCUT2D eigenvalue weighted by molar-refractivity contribution is 5.85. The van der Waals surface area contributed by atoms with Gasteiger partial charge in [-0.15, -0.1) is 0 Å². The van der Waals surface area contributed by atoms with Gasteiger partial charge in [0.15, 0.2) is 0 Å². The molecule has 0 saturated carbocycles. The van der Waals surface area contributed by atoms with Crippen LogP contribution in [0.3, 0.4) is 0 Å². The number of anilines is 1. The predicted octanol–water partition coefficient (Wildman–Crippen LogP) is 4.38. The summed E-state index contributed by atoms with van der Waals surface area (Å²) >= 11 is 0. The molecule has 1 unspecified atom stereocenters. The Kier molecular flexibility index (Phi) is 6.45. The molecule has 4 heterocycles. The molecule has 39 heavy (non-hydrogen) atoms. The normalized spacial score (nSPS) is 28.1. The molecule has 2 aromatic rings. The van der Waals surface area contributed by atoms with E-state index in [9.17, 15) is 14.0 Å². The summed E-state index contributed by atoms with van der Waals surface area (Å²) in [5, 5.41) is 2.83. The number of aryl methyl sites for hydroxylation is 1. The van der Waals surface area contributed by atoms with Crippen LogP contribution in [0.15, 0.2) is 23.0 Å². The van der Waals surface area contributed by atoms with Crippen LogP contribution in [0, 0.1) is 0 Å². The van der Waals surface area contributed by atoms with Crippen LogP contribution < -0.4 is 15.6 Å². The standard InChI is InChI=1S/C29H37FN4O5/c1-27(2,3)39-26(36)31-20-8-7-18-6-4-10-29(22(18)12-20)14-23-21(16-38-29)24(35)33-25(32-23)37-17-28-9-5-11-34(28)15-19(30)13-28/h7-8,12,19H,4-6,9-11,13-17H2,1-3H3,(H,31,36)(H,32,33,35)/t19-,28+,29?/m1/s1. The van der Waals surface area contributed by atoms with Gasteiger partial charge in [-0.1, -0.05) is 6.07 Å². The molecule has 10 heteroatoms. The lowest BCUT2D eigenvalue weighted by molar-refractivity contribution is -0.0862. The molecule has 2 saturated heterocycles. The molecule has 3 atom stereocenters. The fraction of sp³-hybridized carbons (Fsp3) is 0.621. The number of amides is 1. The Morgan fingerprint density at radius 2 is 2.15 bits per heavy atom. The maximum absolute atomic E-state index is 14.2. The zero-order chi connectivity index (χ0) is 27.4. The number of carbonyl (C=O) groups excluding carboxylic acids is 1. The van der Waals surface area contributed by atoms with Gasteiger partial charge in [0.1, 0.15) is 18.4 Å². The van der Waals surface area contributed by atoms with Crippen molar-refractivity contribution in [3.63, 3.8) is 0 Å². The third kappa shape index (κ3) is 5.04. The lowest BCUT2D eigenvalue weighted by Gasteiger charge is -2.42. The van der Waals surface area contributed by atoms with Gasteiger partial charge in [-0.3, -0.25) is 20.0 Å². The van der Waals surface area contributed by atoms with E-state index in [0.717, 1.165) is 49.8 Å². The van der Waals surface area contributed by atoms with E-state index >= 15 is 0 Å². The molecule has 0 bridgehead atoms. The van der Waals surface area contributed by atoms with Crippen LogP contribution in [-0.4, -0.2) is 58.0 Å². The number of benzene rings is 1. The number of H-pyrrole nitrogens is 1. The van der Waals surface area contributed by atoms with E-state index in [4.69, 9.17) is 19.2 Å². The zero-order valence-electron chi connectivity index (χ0n) is 22.9. The number of alkyl halides is 1. The maximum atomic E-state index is 14.2. The Hall–Kier alpha value is -2.98. The molecule has 1 aliphatic carbocycles. The van der Waals surface area contributed by atoms with Crippen LogP contribution in [0.25, 0.3) is 0 Å². The molecular weight excluding hydrogens is 503 g/mol. The van der Waals surface area contributed by atoms with Gasteiger partial charge in [-0.05, 0) is 82.7 Å². The number of nitrogens with one attached hydrogen (secondary N) is 2. The SMILES string of the molecule is CC(C)(C)OC(=O)Nc1ccc2c(c1)C1(CCC2)Cc2nc(OC[C@@]34CCCN3C[C@H](F)C4)[nH]c(=O)c2CO1. The number of ether oxygens (including phenoxy) is 3. The van der Waals surface area contributed by atoms with E-state index in [1.54, 1.807) is 0 Å². The Balaban J connectivity index is 1.24. The fourth-order valence-electron chi connectivity index (χ4n) is 6.82. The van der Waals surface area contributed by atoms with Gasteiger partial charge in [0.25, 0.3) is 11.6 Å². The van der Waals surface area contributed by atoms with Gasteiger partial charge in [0.05, 0.1) is 29.0 Å². The highest BCUT2D eigenvalue weighted by atomic mass is 19.1. The molecule has 1 aromatic carbocycles. The quantitative estimate of drug-likeness (QED) is 0.593. The van der Waals surface area contributed by atoms with Crippen LogP contribution in [0.2, 0.25) is 0 Å². The van der Waals surface area contributed by atoms with E-state index in [2.05, 4.69) is 15.2 Å². The number of hydrogen-bond acceptors (Lipinski definition) is 7. The van der Waals surface area contributed by atoms with Gasteiger partial charge >= 0.3 is 6.09 Å². The molecule has 2 fully saturated rings. The predicted molar refractivity (Wildman–Crippen MR) is 143 cm³/mol. The van der Waals surface area contributed by atoms with Crippen LogP contribution in [0.1, 0.15) is 75.3 Å². The van der Waals surface area contributed by atoms with E-state index in [-0.39, 0.29) is 23.7 Å². The first kappa shape index (κ1) is 26.3. The number of nitrogens with zero attached hydrogens (tertiary/aromatic N) is 2. The highest BCUT2D eigenvalue weighted by Gasteiger charge is 2.49. The second-order valence-corrected chi connectivity index (χ2v) is 12.5. The Bertz CT molecular complexity index is 1340. The molecule has 1 aromatic heterocycles. The van der Waals surface area contributed by atoms with Crippen LogP contribution >= 0.6 is 0 Å². The monoisotopic (exact) mass is 540 g/mol. The first-order valence-electron chi connectivity index (χ1n) is 14.0. The second kappa shape index (κ2) is 9.59. The minimum atomic E-state index is -0.845. The minimum Gasteiger partial charge on any atom is -0.463 e. The fourth-order valence-corrected chi connectivity index (χ4v) is 6.82. The van der Waals surface area contributed by atoms with E-state index in [1.165, 1.54) is 0 Å². The molecule has 4 aliphatic rings. The van der Waals surface area contributed by atoms with Crippen molar-refractivity contribution in [2.45, 2.75) is 95.2 Å². The molecular formula is C29H37FN4O5. The number of aromatic amines is 1. The molecule has 6 rings (SSSR count). The van der Waals surface area contributed by atoms with Crippen molar-refractivity contribution in [3.8, 4) is 6.01 Å². The van der Waals surface area contributed by atoms with Gasteiger partial charge in [-0.25, -0.2) is 14.2 Å². The first-order chi connectivity index (χ1) is 18.5. The van der Waals surface area contributed by atoms with Gasteiger partial charge in [0, 0.05) is 25.1 Å². The molecule has 1 amide bonds. The molecule has 2 N–H and O–H groups in total. The second-order valence-electron chi connectivity index (χ2n) is 12.5. The van der Waals surface area contributed by atoms with Gasteiger partial charge in [0.2, 0.25) is 0 Å². The number of hydrogen-bond donors (Lipinski definition) is 2. The summed E-state index contributed by atoms with van der Waals surface area (Å²) in [6.45, 7) is 7.24. The van der Waals surface area contributed by atoms with E-state index in [0.29, 0.717) is 42.9 Å². The summed E-state index contributed by atoms with van der Waals surface area (Å²) in [6.07, 6.45) is 4.05. The largest absolute Gasteiger partial charge is 0.463 e. The highest BCUT2D eigenvalue weighted by Crippen LogP contribution is 2.45. The summed E-state index contributed by atoms with van der Waals surface area (Å²) in [4.78, 5) is 35.1. The van der Waals surface area contributed by atoms with E-state index < -0.39 is 23.5 Å². The third-order valence-corrected chi connectivity index (χ3v) is 8.54. The number of carbonyl (C=O) groups is 1. The summed E-state index contributed by atoms with van der Waals surface area (Å²) < 4.78 is 32.1. The average molecular weight is 541 g/mol. The third-order valence-electron chi connectivity index (χ3n) is 8.54. The Morgan fingerprint density at radius 1 is 1.31 bits per heavy atom. The Labute approximate surface area is 227 Å². The van der Waals surface area contributed by atoms with E-state index in [1.807, 2.05) is 39.0 Å². The maximum Gasteiger partial charge on any atom is 0.412 e. The molecule has 1 spiro atoms. The van der Waals surface area contributed by atoms with Gasteiger partial charge < -0.3 is 14.2 Å². The Morgan fingerprint density at radius 3 is 2.97 bits per heavy atom. The summed E-state index contributed by atoms with van der Waals surface area (Å²) in [5.74, 6) is 0. The molecule has 0 radical (unpaired) electrons. The van der Waals surface area contributed by atoms with Crippen LogP contribution in [0.5, 0.6) is 6.01 Å². The lowest BCUT2D eigenvalue weighted by Crippen LogP contribution is -2.44. The number of halogens is 1. The topological polar surface area (TPSA) is 106 Å². The lowest BCUT2D eigenvalue weighted by atomic mass is 9.74. The van der Waals surface area contributed by atoms with Crippen molar-refractivity contribution in [2.75, 3.05) is 25.0 Å². The number of rotatable bonds is 4. The van der Waals surface area contributed by atoms with Crippen LogP contribution in [-0.2, 0) is 34.5 Å². The van der Waals surface area contributed by atoms with Crippen molar-refractivity contribution in [1.29, 1.82) is 0 Å².